The van der Waals surface area contributed by atoms with Gasteiger partial charge in [0, 0.05) is 25.4 Å². The van der Waals surface area contributed by atoms with E-state index in [1.54, 1.807) is 7.11 Å². The average Bonchev–Trinajstić information content (AvgIpc) is 2.46. The van der Waals surface area contributed by atoms with Crippen LogP contribution in [0.25, 0.3) is 0 Å². The fourth-order valence-electron chi connectivity index (χ4n) is 1.93. The Labute approximate surface area is 125 Å². The third-order valence-electron chi connectivity index (χ3n) is 3.42. The lowest BCUT2D eigenvalue weighted by atomic mass is 10.2. The first-order chi connectivity index (χ1) is 9.97. The van der Waals surface area contributed by atoms with Gasteiger partial charge in [0.2, 0.25) is 5.91 Å². The summed E-state index contributed by atoms with van der Waals surface area (Å²) < 4.78 is 18.1. The molecule has 1 atom stereocenters. The Morgan fingerprint density at radius 3 is 2.81 bits per heavy atom. The summed E-state index contributed by atoms with van der Waals surface area (Å²) in [6.45, 7) is 5.66. The number of nitrogen functional groups attached to an aromatic ring is 1. The molecule has 1 aromatic rings. The summed E-state index contributed by atoms with van der Waals surface area (Å²) in [5, 5.41) is 2.73. The summed E-state index contributed by atoms with van der Waals surface area (Å²) in [5.41, 5.74) is 5.99. The number of hydrogen-bond acceptors (Lipinski definition) is 4. The summed E-state index contributed by atoms with van der Waals surface area (Å²) in [5.74, 6) is -0.647. The highest BCUT2D eigenvalue weighted by Gasteiger charge is 2.16. The van der Waals surface area contributed by atoms with Crippen LogP contribution >= 0.6 is 0 Å². The van der Waals surface area contributed by atoms with E-state index in [-0.39, 0.29) is 24.2 Å². The Bertz CT molecular complexity index is 468. The van der Waals surface area contributed by atoms with Crippen molar-refractivity contribution in [3.63, 3.8) is 0 Å². The van der Waals surface area contributed by atoms with Gasteiger partial charge in [-0.2, -0.15) is 0 Å². The molecule has 118 valence electrons. The van der Waals surface area contributed by atoms with Gasteiger partial charge >= 0.3 is 0 Å². The first-order valence-electron chi connectivity index (χ1n) is 7.05. The predicted octanol–water partition coefficient (Wildman–Crippen LogP) is 2.09. The van der Waals surface area contributed by atoms with Gasteiger partial charge in [-0.05, 0) is 31.5 Å². The lowest BCUT2D eigenvalue weighted by Crippen LogP contribution is -2.41. The number of nitrogens with two attached hydrogens (primary N) is 1. The van der Waals surface area contributed by atoms with Gasteiger partial charge in [-0.1, -0.05) is 6.92 Å². The molecule has 0 saturated carbocycles. The lowest BCUT2D eigenvalue weighted by molar-refractivity contribution is -0.118. The van der Waals surface area contributed by atoms with Crippen LogP contribution in [0.3, 0.4) is 0 Å². The number of methoxy groups -OCH3 is 1. The van der Waals surface area contributed by atoms with Crippen molar-refractivity contribution in [1.82, 2.24) is 4.90 Å². The normalized spacial score (nSPS) is 12.4. The minimum atomic E-state index is -0.491. The Morgan fingerprint density at radius 1 is 1.52 bits per heavy atom. The first-order valence-corrected chi connectivity index (χ1v) is 7.05. The van der Waals surface area contributed by atoms with Gasteiger partial charge in [0.25, 0.3) is 0 Å². The summed E-state index contributed by atoms with van der Waals surface area (Å²) in [6.07, 6.45) is 0.945. The molecule has 1 amide bonds. The number of anilines is 2. The van der Waals surface area contributed by atoms with Gasteiger partial charge < -0.3 is 15.8 Å². The predicted molar refractivity (Wildman–Crippen MR) is 82.6 cm³/mol. The molecule has 0 bridgehead atoms. The fourth-order valence-corrected chi connectivity index (χ4v) is 1.93. The van der Waals surface area contributed by atoms with Crippen molar-refractivity contribution < 1.29 is 13.9 Å². The molecule has 0 aliphatic carbocycles. The molecule has 1 unspecified atom stereocenters. The largest absolute Gasteiger partial charge is 0.396 e. The molecule has 3 N–H and O–H groups in total. The fraction of sp³-hybridized carbons (Fsp3) is 0.533. The van der Waals surface area contributed by atoms with Crippen LogP contribution in [0.4, 0.5) is 15.8 Å². The second kappa shape index (κ2) is 8.59. The van der Waals surface area contributed by atoms with E-state index in [9.17, 15) is 9.18 Å². The van der Waals surface area contributed by atoms with E-state index in [4.69, 9.17) is 10.5 Å². The van der Waals surface area contributed by atoms with Crippen LogP contribution in [0.1, 0.15) is 20.3 Å². The number of ether oxygens (including phenoxy) is 1. The Kier molecular flexibility index (Phi) is 7.11. The van der Waals surface area contributed by atoms with Crippen molar-refractivity contribution in [3.05, 3.63) is 24.0 Å². The van der Waals surface area contributed by atoms with E-state index >= 15 is 0 Å². The maximum absolute atomic E-state index is 13.1. The second-order valence-electron chi connectivity index (χ2n) is 5.01. The Hall–Kier alpha value is -1.66. The molecular formula is C15H24FN3O2. The van der Waals surface area contributed by atoms with Crippen LogP contribution in [-0.2, 0) is 9.53 Å². The maximum atomic E-state index is 13.1. The molecular weight excluding hydrogens is 273 g/mol. The average molecular weight is 297 g/mol. The number of nitrogens with zero attached hydrogens (tertiary/aromatic N) is 1. The number of benzene rings is 1. The molecule has 0 aromatic heterocycles. The van der Waals surface area contributed by atoms with Crippen molar-refractivity contribution in [3.8, 4) is 0 Å². The molecule has 5 nitrogen and oxygen atoms in total. The van der Waals surface area contributed by atoms with Crippen molar-refractivity contribution in [2.24, 2.45) is 0 Å². The zero-order valence-corrected chi connectivity index (χ0v) is 12.9. The molecule has 1 aromatic carbocycles. The van der Waals surface area contributed by atoms with Gasteiger partial charge in [-0.3, -0.25) is 9.69 Å². The zero-order valence-electron chi connectivity index (χ0n) is 12.9. The molecule has 6 heteroatoms. The van der Waals surface area contributed by atoms with Crippen molar-refractivity contribution >= 4 is 17.3 Å². The number of hydrogen-bond donors (Lipinski definition) is 2. The summed E-state index contributed by atoms with van der Waals surface area (Å²) >= 11 is 0. The van der Waals surface area contributed by atoms with Gasteiger partial charge in [-0.15, -0.1) is 0 Å². The van der Waals surface area contributed by atoms with E-state index in [0.29, 0.717) is 18.8 Å². The maximum Gasteiger partial charge on any atom is 0.238 e. The lowest BCUT2D eigenvalue weighted by Gasteiger charge is -2.27. The van der Waals surface area contributed by atoms with Crippen LogP contribution in [0.5, 0.6) is 0 Å². The number of halogens is 1. The first kappa shape index (κ1) is 17.4. The van der Waals surface area contributed by atoms with Crippen molar-refractivity contribution in [2.45, 2.75) is 26.3 Å². The molecule has 0 heterocycles. The highest BCUT2D eigenvalue weighted by Crippen LogP contribution is 2.16. The van der Waals surface area contributed by atoms with Gasteiger partial charge in [0.1, 0.15) is 5.82 Å². The van der Waals surface area contributed by atoms with Crippen molar-refractivity contribution in [2.75, 3.05) is 37.9 Å². The summed E-state index contributed by atoms with van der Waals surface area (Å²) in [6, 6.07) is 4.43. The Morgan fingerprint density at radius 2 is 2.24 bits per heavy atom. The smallest absolute Gasteiger partial charge is 0.238 e. The topological polar surface area (TPSA) is 67.6 Å². The number of carbonyl (C=O) groups is 1. The quantitative estimate of drug-likeness (QED) is 0.721. The number of nitrogens with one attached hydrogen (secondary N) is 1. The molecule has 21 heavy (non-hydrogen) atoms. The van der Waals surface area contributed by atoms with E-state index < -0.39 is 5.82 Å². The zero-order chi connectivity index (χ0) is 15.8. The van der Waals surface area contributed by atoms with Crippen LogP contribution in [0.2, 0.25) is 0 Å². The van der Waals surface area contributed by atoms with E-state index in [2.05, 4.69) is 19.2 Å². The number of carbonyl (C=O) groups excluding carboxylic acids is 1. The molecule has 0 radical (unpaired) electrons. The third kappa shape index (κ3) is 5.69. The molecule has 0 aliphatic heterocycles. The third-order valence-corrected chi connectivity index (χ3v) is 3.42. The van der Waals surface area contributed by atoms with Crippen molar-refractivity contribution in [1.29, 1.82) is 0 Å². The number of amides is 1. The molecule has 0 spiro atoms. The standard InChI is InChI=1S/C15H24FN3O2/c1-4-11(2)19(7-8-21-3)10-15(20)18-12-5-6-13(16)14(17)9-12/h5-6,9,11H,4,7-8,10,17H2,1-3H3,(H,18,20). The minimum absolute atomic E-state index is 0.0194. The highest BCUT2D eigenvalue weighted by molar-refractivity contribution is 5.92. The SMILES string of the molecule is CCC(C)N(CCOC)CC(=O)Nc1ccc(F)c(N)c1. The monoisotopic (exact) mass is 297 g/mol. The van der Waals surface area contributed by atoms with Gasteiger partial charge in [0.15, 0.2) is 0 Å². The molecule has 0 saturated heterocycles. The van der Waals surface area contributed by atoms with Crippen LogP contribution in [-0.4, -0.2) is 43.7 Å². The van der Waals surface area contributed by atoms with Gasteiger partial charge in [0.05, 0.1) is 18.8 Å². The van der Waals surface area contributed by atoms with E-state index in [1.165, 1.54) is 18.2 Å². The van der Waals surface area contributed by atoms with Crippen LogP contribution in [0, 0.1) is 5.82 Å². The van der Waals surface area contributed by atoms with Crippen LogP contribution < -0.4 is 11.1 Å². The van der Waals surface area contributed by atoms with Gasteiger partial charge in [-0.25, -0.2) is 4.39 Å². The second-order valence-corrected chi connectivity index (χ2v) is 5.01. The minimum Gasteiger partial charge on any atom is -0.396 e. The van der Waals surface area contributed by atoms with Crippen LogP contribution in [0.15, 0.2) is 18.2 Å². The Balaban J connectivity index is 2.62. The number of rotatable bonds is 8. The molecule has 0 fully saturated rings. The highest BCUT2D eigenvalue weighted by atomic mass is 19.1. The molecule has 0 aliphatic rings. The summed E-state index contributed by atoms with van der Waals surface area (Å²) in [7, 11) is 1.64. The molecule has 1 rings (SSSR count). The van der Waals surface area contributed by atoms with E-state index in [1.807, 2.05) is 4.90 Å². The van der Waals surface area contributed by atoms with E-state index in [0.717, 1.165) is 6.42 Å². The summed E-state index contributed by atoms with van der Waals surface area (Å²) in [4.78, 5) is 14.1.